The first kappa shape index (κ1) is 21.5. The number of hydrogen-bond donors (Lipinski definition) is 3. The van der Waals surface area contributed by atoms with Crippen LogP contribution in [0.25, 0.3) is 0 Å². The Morgan fingerprint density at radius 3 is 1.73 bits per heavy atom. The van der Waals surface area contributed by atoms with E-state index in [9.17, 15) is 19.8 Å². The molecule has 0 spiro atoms. The van der Waals surface area contributed by atoms with E-state index in [0.717, 1.165) is 6.42 Å². The number of carbonyl (C=O) groups excluding carboxylic acids is 2. The lowest BCUT2D eigenvalue weighted by Crippen LogP contribution is -2.51. The quantitative estimate of drug-likeness (QED) is 0.536. The largest absolute Gasteiger partial charge is 0.389 e. The van der Waals surface area contributed by atoms with Gasteiger partial charge in [0.2, 0.25) is 0 Å². The van der Waals surface area contributed by atoms with Crippen LogP contribution < -0.4 is 0 Å². The van der Waals surface area contributed by atoms with Crippen molar-refractivity contribution in [1.82, 2.24) is 0 Å². The Morgan fingerprint density at radius 2 is 1.38 bits per heavy atom. The number of ether oxygens (including phenoxy) is 1. The highest BCUT2D eigenvalue weighted by atomic mass is 16.7. The van der Waals surface area contributed by atoms with Gasteiger partial charge in [-0.2, -0.15) is 0 Å². The Balaban J connectivity index is 1.78. The molecule has 0 radical (unpaired) electrons. The third-order valence-electron chi connectivity index (χ3n) is 7.26. The third-order valence-corrected chi connectivity index (χ3v) is 7.26. The predicted octanol–water partition coefficient (Wildman–Crippen LogP) is 1.89. The molecule has 2 aliphatic carbocycles. The number of rotatable bonds is 9. The van der Waals surface area contributed by atoms with Crippen molar-refractivity contribution in [3.63, 3.8) is 0 Å². The van der Waals surface area contributed by atoms with Gasteiger partial charge >= 0.3 is 0 Å². The van der Waals surface area contributed by atoms with E-state index in [0.29, 0.717) is 19.3 Å². The summed E-state index contributed by atoms with van der Waals surface area (Å²) < 4.78 is 5.36. The van der Waals surface area contributed by atoms with E-state index in [4.69, 9.17) is 9.84 Å². The van der Waals surface area contributed by atoms with Crippen LogP contribution in [0.15, 0.2) is 0 Å². The number of ketones is 2. The Labute approximate surface area is 155 Å². The van der Waals surface area contributed by atoms with Crippen LogP contribution >= 0.6 is 0 Å². The van der Waals surface area contributed by atoms with Gasteiger partial charge in [0, 0.05) is 24.7 Å². The highest BCUT2D eigenvalue weighted by Crippen LogP contribution is 2.55. The van der Waals surface area contributed by atoms with E-state index in [1.807, 2.05) is 27.7 Å². The van der Waals surface area contributed by atoms with E-state index in [1.165, 1.54) is 0 Å². The van der Waals surface area contributed by atoms with E-state index in [2.05, 4.69) is 0 Å². The Bertz CT molecular complexity index is 540. The van der Waals surface area contributed by atoms with Crippen LogP contribution in [-0.4, -0.2) is 46.1 Å². The summed E-state index contributed by atoms with van der Waals surface area (Å²) in [6.45, 7) is 9.14. The van der Waals surface area contributed by atoms with Gasteiger partial charge in [0.1, 0.15) is 12.4 Å². The van der Waals surface area contributed by atoms with Crippen LogP contribution in [0.5, 0.6) is 0 Å². The topological polar surface area (TPSA) is 104 Å². The van der Waals surface area contributed by atoms with Crippen molar-refractivity contribution in [3.8, 4) is 0 Å². The van der Waals surface area contributed by atoms with Gasteiger partial charge in [0.15, 0.2) is 18.4 Å². The molecule has 26 heavy (non-hydrogen) atoms. The zero-order valence-electron chi connectivity index (χ0n) is 16.6. The second kappa shape index (κ2) is 7.66. The molecule has 150 valence electrons. The van der Waals surface area contributed by atoms with Crippen molar-refractivity contribution in [2.24, 2.45) is 34.5 Å². The molecule has 0 aromatic carbocycles. The normalized spacial score (nSPS) is 34.3. The van der Waals surface area contributed by atoms with Crippen LogP contribution in [0, 0.1) is 34.5 Å². The molecular formula is C20H34O6. The number of carbonyl (C=O) groups is 2. The second-order valence-corrected chi connectivity index (χ2v) is 9.37. The summed E-state index contributed by atoms with van der Waals surface area (Å²) in [6.07, 6.45) is -0.0404. The molecular weight excluding hydrogens is 336 g/mol. The van der Waals surface area contributed by atoms with Crippen molar-refractivity contribution in [1.29, 1.82) is 0 Å². The molecule has 0 saturated heterocycles. The van der Waals surface area contributed by atoms with Gasteiger partial charge < -0.3 is 20.1 Å². The molecule has 0 bridgehead atoms. The molecule has 2 rings (SSSR count). The minimum absolute atomic E-state index is 0.0291. The third kappa shape index (κ3) is 4.03. The van der Waals surface area contributed by atoms with Gasteiger partial charge in [-0.3, -0.25) is 9.59 Å². The maximum atomic E-state index is 11.7. The number of hydrogen-bond acceptors (Lipinski definition) is 6. The minimum Gasteiger partial charge on any atom is -0.389 e. The molecule has 6 atom stereocenters. The van der Waals surface area contributed by atoms with E-state index < -0.39 is 19.2 Å². The first-order valence-electron chi connectivity index (χ1n) is 9.56. The summed E-state index contributed by atoms with van der Waals surface area (Å²) in [5, 5.41) is 29.4. The monoisotopic (exact) mass is 370 g/mol. The molecule has 6 nitrogen and oxygen atoms in total. The summed E-state index contributed by atoms with van der Waals surface area (Å²) in [5.74, 6) is 0.155. The maximum absolute atomic E-state index is 11.7. The SMILES string of the molecule is CC(=O)C1CC(CC(O)OC(O)CC2CC(C(=O)CO)C2(C)C)C1(C)C. The Morgan fingerprint density at radius 1 is 0.962 bits per heavy atom. The highest BCUT2D eigenvalue weighted by molar-refractivity contribution is 5.83. The fourth-order valence-corrected chi connectivity index (χ4v) is 4.96. The van der Waals surface area contributed by atoms with Crippen LogP contribution in [0.1, 0.15) is 60.3 Å². The number of aliphatic hydroxyl groups is 3. The summed E-state index contributed by atoms with van der Waals surface area (Å²) in [4.78, 5) is 23.3. The molecule has 0 heterocycles. The van der Waals surface area contributed by atoms with E-state index in [1.54, 1.807) is 6.92 Å². The molecule has 0 aromatic heterocycles. The van der Waals surface area contributed by atoms with Gasteiger partial charge in [-0.1, -0.05) is 27.7 Å². The first-order valence-corrected chi connectivity index (χ1v) is 9.56. The molecule has 6 unspecified atom stereocenters. The second-order valence-electron chi connectivity index (χ2n) is 9.37. The number of Topliss-reactive ketones (excluding diaryl/α,β-unsaturated/α-hetero) is 2. The lowest BCUT2D eigenvalue weighted by Gasteiger charge is -2.52. The highest BCUT2D eigenvalue weighted by Gasteiger charge is 2.52. The standard InChI is InChI=1S/C20H34O6/c1-11(22)14-6-12(19(14,2)3)8-17(24)26-18(25)9-13-7-15(16(23)10-21)20(13,4)5/h12-15,17-18,21,24-25H,6-10H2,1-5H3. The van der Waals surface area contributed by atoms with Crippen molar-refractivity contribution in [2.75, 3.05) is 6.61 Å². The summed E-state index contributed by atoms with van der Waals surface area (Å²) in [7, 11) is 0. The van der Waals surface area contributed by atoms with Crippen LogP contribution in [0.2, 0.25) is 0 Å². The summed E-state index contributed by atoms with van der Waals surface area (Å²) in [6, 6.07) is 0. The fraction of sp³-hybridized carbons (Fsp3) is 0.900. The van der Waals surface area contributed by atoms with Gasteiger partial charge in [-0.25, -0.2) is 0 Å². The van der Waals surface area contributed by atoms with Crippen molar-refractivity contribution in [3.05, 3.63) is 0 Å². The van der Waals surface area contributed by atoms with Crippen molar-refractivity contribution < 1.29 is 29.6 Å². The van der Waals surface area contributed by atoms with Gasteiger partial charge in [-0.05, 0) is 42.4 Å². The molecule has 2 aliphatic rings. The van der Waals surface area contributed by atoms with Crippen LogP contribution in [0.4, 0.5) is 0 Å². The first-order chi connectivity index (χ1) is 11.9. The molecule has 2 fully saturated rings. The molecule has 6 heteroatoms. The number of aliphatic hydroxyl groups excluding tert-OH is 3. The molecule has 0 amide bonds. The summed E-state index contributed by atoms with van der Waals surface area (Å²) in [5.41, 5.74) is -0.450. The minimum atomic E-state index is -1.09. The Hall–Kier alpha value is -0.820. The van der Waals surface area contributed by atoms with Gasteiger partial charge in [0.25, 0.3) is 0 Å². The molecule has 2 saturated carbocycles. The zero-order valence-corrected chi connectivity index (χ0v) is 16.6. The Kier molecular flexibility index (Phi) is 6.33. The van der Waals surface area contributed by atoms with Gasteiger partial charge in [0.05, 0.1) is 0 Å². The smallest absolute Gasteiger partial charge is 0.161 e. The van der Waals surface area contributed by atoms with E-state index >= 15 is 0 Å². The lowest BCUT2D eigenvalue weighted by atomic mass is 9.52. The average molecular weight is 370 g/mol. The molecule has 0 aliphatic heterocycles. The maximum Gasteiger partial charge on any atom is 0.161 e. The average Bonchev–Trinajstić information content (AvgIpc) is 2.53. The van der Waals surface area contributed by atoms with Crippen molar-refractivity contribution in [2.45, 2.75) is 72.9 Å². The van der Waals surface area contributed by atoms with Crippen molar-refractivity contribution >= 4 is 11.6 Å². The van der Waals surface area contributed by atoms with Crippen LogP contribution in [-0.2, 0) is 14.3 Å². The zero-order chi connectivity index (χ0) is 19.9. The van der Waals surface area contributed by atoms with Gasteiger partial charge in [-0.15, -0.1) is 0 Å². The molecule has 0 aromatic rings. The fourth-order valence-electron chi connectivity index (χ4n) is 4.96. The predicted molar refractivity (Wildman–Crippen MR) is 95.9 cm³/mol. The summed E-state index contributed by atoms with van der Waals surface area (Å²) >= 11 is 0. The van der Waals surface area contributed by atoms with Crippen LogP contribution in [0.3, 0.4) is 0 Å². The van der Waals surface area contributed by atoms with E-state index in [-0.39, 0.29) is 46.1 Å². The lowest BCUT2D eigenvalue weighted by molar-refractivity contribution is -0.237. The molecule has 3 N–H and O–H groups in total.